The number of alkyl carbamates (subject to hydrolysis) is 1. The zero-order chi connectivity index (χ0) is 30.9. The van der Waals surface area contributed by atoms with E-state index < -0.39 is 20.0 Å². The highest BCUT2D eigenvalue weighted by molar-refractivity contribution is 7.45. The highest BCUT2D eigenvalue weighted by Gasteiger charge is 2.21. The summed E-state index contributed by atoms with van der Waals surface area (Å²) in [4.78, 5) is 24.6. The third-order valence-electron chi connectivity index (χ3n) is 6.92. The maximum Gasteiger partial charge on any atom is 0.407 e. The van der Waals surface area contributed by atoms with Crippen molar-refractivity contribution in [2.24, 2.45) is 0 Å². The normalized spacial score (nSPS) is 13.9. The van der Waals surface area contributed by atoms with Gasteiger partial charge in [0.1, 0.15) is 25.9 Å². The zero-order valence-corrected chi connectivity index (χ0v) is 27.8. The summed E-state index contributed by atoms with van der Waals surface area (Å²) in [7, 11) is 1.25. The Labute approximate surface area is 255 Å². The molecule has 1 aromatic rings. The molecule has 2 unspecified atom stereocenters. The number of carbonyl (C=O) groups is 1. The molecule has 0 saturated carbocycles. The van der Waals surface area contributed by atoms with Crippen molar-refractivity contribution in [2.75, 3.05) is 54.1 Å². The zero-order valence-electron chi connectivity index (χ0n) is 26.9. The fraction of sp³-hybridized carbons (Fsp3) is 0.781. The number of carbonyl (C=O) groups excluding carboxylic acids is 1. The Bertz CT molecular complexity index is 836. The van der Waals surface area contributed by atoms with Gasteiger partial charge >= 0.3 is 6.09 Å². The molecule has 1 N–H and O–H groups in total. The second kappa shape index (κ2) is 23.9. The molecule has 0 fully saturated rings. The van der Waals surface area contributed by atoms with Crippen molar-refractivity contribution in [3.8, 4) is 0 Å². The van der Waals surface area contributed by atoms with Gasteiger partial charge in [-0.2, -0.15) is 0 Å². The number of hydrogen-bond acceptors (Lipinski definition) is 7. The molecule has 0 aromatic heterocycles. The van der Waals surface area contributed by atoms with Crippen molar-refractivity contribution >= 4 is 13.9 Å². The molecule has 42 heavy (non-hydrogen) atoms. The first kappa shape index (κ1) is 38.5. The number of phosphoric ester groups is 1. The van der Waals surface area contributed by atoms with Gasteiger partial charge in [-0.15, -0.1) is 0 Å². The third-order valence-corrected chi connectivity index (χ3v) is 7.98. The lowest BCUT2D eigenvalue weighted by atomic mass is 10.0. The molecule has 2 atom stereocenters. The average Bonchev–Trinajstić information content (AvgIpc) is 2.94. The van der Waals surface area contributed by atoms with Crippen LogP contribution in [-0.4, -0.2) is 70.7 Å². The fourth-order valence-corrected chi connectivity index (χ4v) is 5.22. The van der Waals surface area contributed by atoms with Crippen LogP contribution in [0.15, 0.2) is 30.3 Å². The van der Waals surface area contributed by atoms with Gasteiger partial charge in [-0.3, -0.25) is 4.57 Å². The Morgan fingerprint density at radius 3 is 1.95 bits per heavy atom. The molecular weight excluding hydrogens is 555 g/mol. The fourth-order valence-electron chi connectivity index (χ4n) is 4.35. The van der Waals surface area contributed by atoms with Crippen LogP contribution in [0.4, 0.5) is 4.79 Å². The van der Waals surface area contributed by atoms with E-state index in [2.05, 4.69) is 12.2 Å². The van der Waals surface area contributed by atoms with Gasteiger partial charge in [0.05, 0.1) is 27.7 Å². The van der Waals surface area contributed by atoms with Crippen molar-refractivity contribution in [1.29, 1.82) is 0 Å². The minimum atomic E-state index is -4.58. The Morgan fingerprint density at radius 1 is 0.857 bits per heavy atom. The highest BCUT2D eigenvalue weighted by atomic mass is 31.2. The molecule has 244 valence electrons. The maximum absolute atomic E-state index is 12.4. The van der Waals surface area contributed by atoms with Crippen LogP contribution in [0.1, 0.15) is 102 Å². The van der Waals surface area contributed by atoms with Crippen molar-refractivity contribution in [1.82, 2.24) is 5.32 Å². The van der Waals surface area contributed by atoms with Crippen LogP contribution in [-0.2, 0) is 29.7 Å². The Balaban J connectivity index is 2.28. The van der Waals surface area contributed by atoms with E-state index in [9.17, 15) is 14.3 Å². The minimum absolute atomic E-state index is 0.00342. The number of amides is 1. The van der Waals surface area contributed by atoms with Gasteiger partial charge < -0.3 is 33.2 Å². The van der Waals surface area contributed by atoms with Gasteiger partial charge in [0.25, 0.3) is 7.82 Å². The summed E-state index contributed by atoms with van der Waals surface area (Å²) in [5.74, 6) is 0. The SMILES string of the molecule is CCCCCCCCCCCCCCCCOCC(CNC(=O)OCc1ccccc1)OP(=O)([O-])OCC[N+](C)(C)C. The summed E-state index contributed by atoms with van der Waals surface area (Å²) < 4.78 is 34.2. The molecule has 0 radical (unpaired) electrons. The molecule has 1 rings (SSSR count). The third kappa shape index (κ3) is 24.0. The predicted octanol–water partition coefficient (Wildman–Crippen LogP) is 6.99. The van der Waals surface area contributed by atoms with Gasteiger partial charge in [-0.1, -0.05) is 121 Å². The molecule has 0 bridgehead atoms. The monoisotopic (exact) mass is 614 g/mol. The minimum Gasteiger partial charge on any atom is -0.756 e. The Kier molecular flexibility index (Phi) is 21.9. The van der Waals surface area contributed by atoms with E-state index in [4.69, 9.17) is 18.5 Å². The van der Waals surface area contributed by atoms with Gasteiger partial charge in [0, 0.05) is 13.2 Å². The first-order valence-corrected chi connectivity index (χ1v) is 17.5. The molecule has 0 aliphatic heterocycles. The number of nitrogens with one attached hydrogen (secondary N) is 1. The van der Waals surface area contributed by atoms with Crippen LogP contribution in [0.25, 0.3) is 0 Å². The first-order chi connectivity index (χ1) is 20.1. The topological polar surface area (TPSA) is 106 Å². The number of phosphoric acid groups is 1. The summed E-state index contributed by atoms with van der Waals surface area (Å²) in [6.07, 6.45) is 16.3. The molecule has 0 heterocycles. The standard InChI is InChI=1S/C32H59N2O7P/c1-5-6-7-8-9-10-11-12-13-14-15-16-17-21-25-38-29-31(41-42(36,37)40-26-24-34(2,3)4)27-33-32(35)39-28-30-22-19-18-20-23-30/h18-20,22-23,31H,5-17,21,24-29H2,1-4H3,(H-,33,35,36,37). The molecule has 1 aromatic carbocycles. The van der Waals surface area contributed by atoms with Gasteiger partial charge in [-0.25, -0.2) is 4.79 Å². The summed E-state index contributed by atoms with van der Waals surface area (Å²) in [5, 5.41) is 2.58. The molecule has 9 nitrogen and oxygen atoms in total. The number of benzene rings is 1. The lowest BCUT2D eigenvalue weighted by Crippen LogP contribution is -2.39. The quantitative estimate of drug-likeness (QED) is 0.0647. The number of unbranched alkanes of at least 4 members (excludes halogenated alkanes) is 13. The average molecular weight is 615 g/mol. The van der Waals surface area contributed by atoms with E-state index in [-0.39, 0.29) is 26.4 Å². The molecule has 1 amide bonds. The highest BCUT2D eigenvalue weighted by Crippen LogP contribution is 2.39. The second-order valence-corrected chi connectivity index (χ2v) is 13.5. The van der Waals surface area contributed by atoms with Gasteiger partial charge in [0.15, 0.2) is 0 Å². The number of quaternary nitrogens is 1. The summed E-state index contributed by atoms with van der Waals surface area (Å²) >= 11 is 0. The van der Waals surface area contributed by atoms with Gasteiger partial charge in [-0.05, 0) is 12.0 Å². The smallest absolute Gasteiger partial charge is 0.407 e. The molecule has 0 aliphatic rings. The number of likely N-dealkylation sites (N-methyl/N-ethyl adjacent to an activating group) is 1. The van der Waals surface area contributed by atoms with Crippen LogP contribution in [0.5, 0.6) is 0 Å². The summed E-state index contributed by atoms with van der Waals surface area (Å²) in [5.41, 5.74) is 0.853. The molecular formula is C32H59N2O7P. The van der Waals surface area contributed by atoms with Gasteiger partial charge in [0.2, 0.25) is 0 Å². The summed E-state index contributed by atoms with van der Waals surface area (Å²) in [6.45, 7) is 3.31. The van der Waals surface area contributed by atoms with E-state index in [0.29, 0.717) is 17.6 Å². The van der Waals surface area contributed by atoms with Crippen LogP contribution >= 0.6 is 7.82 Å². The van der Waals surface area contributed by atoms with Crippen molar-refractivity contribution in [3.63, 3.8) is 0 Å². The number of hydrogen-bond donors (Lipinski definition) is 1. The Morgan fingerprint density at radius 2 is 1.40 bits per heavy atom. The summed E-state index contributed by atoms with van der Waals surface area (Å²) in [6, 6.07) is 9.31. The lowest BCUT2D eigenvalue weighted by molar-refractivity contribution is -0.870. The number of ether oxygens (including phenoxy) is 2. The largest absolute Gasteiger partial charge is 0.756 e. The van der Waals surface area contributed by atoms with Crippen molar-refractivity contribution in [2.45, 2.75) is 110 Å². The molecule has 0 spiro atoms. The number of nitrogens with zero attached hydrogens (tertiary/aromatic N) is 1. The van der Waals surface area contributed by atoms with Crippen LogP contribution in [0.2, 0.25) is 0 Å². The molecule has 0 saturated heterocycles. The molecule has 10 heteroatoms. The van der Waals surface area contributed by atoms with E-state index >= 15 is 0 Å². The van der Waals surface area contributed by atoms with Crippen LogP contribution < -0.4 is 10.2 Å². The van der Waals surface area contributed by atoms with E-state index in [0.717, 1.165) is 18.4 Å². The predicted molar refractivity (Wildman–Crippen MR) is 167 cm³/mol. The van der Waals surface area contributed by atoms with Crippen molar-refractivity contribution in [3.05, 3.63) is 35.9 Å². The van der Waals surface area contributed by atoms with E-state index in [1.807, 2.05) is 51.5 Å². The van der Waals surface area contributed by atoms with Crippen LogP contribution in [0, 0.1) is 0 Å². The first-order valence-electron chi connectivity index (χ1n) is 16.1. The molecule has 0 aliphatic carbocycles. The number of rotatable bonds is 27. The van der Waals surface area contributed by atoms with E-state index in [1.54, 1.807) is 0 Å². The second-order valence-electron chi connectivity index (χ2n) is 12.1. The van der Waals surface area contributed by atoms with Crippen molar-refractivity contribution < 1.29 is 37.3 Å². The van der Waals surface area contributed by atoms with Crippen LogP contribution in [0.3, 0.4) is 0 Å². The lowest BCUT2D eigenvalue weighted by Gasteiger charge is -2.30. The Hall–Kier alpha value is -1.48. The van der Waals surface area contributed by atoms with E-state index in [1.165, 1.54) is 77.0 Å². The maximum atomic E-state index is 12.4.